The molecule has 0 radical (unpaired) electrons. The summed E-state index contributed by atoms with van der Waals surface area (Å²) in [5, 5.41) is 12.0. The molecule has 5 nitrogen and oxygen atoms in total. The lowest BCUT2D eigenvalue weighted by molar-refractivity contribution is 1.08. The Labute approximate surface area is 336 Å². The number of benzene rings is 9. The zero-order valence-electron chi connectivity index (χ0n) is 31.6. The minimum absolute atomic E-state index is 0.811. The van der Waals surface area contributed by atoms with E-state index in [1.54, 1.807) is 0 Å². The highest BCUT2D eigenvalue weighted by molar-refractivity contribution is 6.38. The molecule has 0 bridgehead atoms. The van der Waals surface area contributed by atoms with Gasteiger partial charge in [-0.1, -0.05) is 140 Å². The van der Waals surface area contributed by atoms with Crippen LogP contribution in [0.5, 0.6) is 0 Å². The molecule has 272 valence electrons. The summed E-state index contributed by atoms with van der Waals surface area (Å²) < 4.78 is 7.42. The van der Waals surface area contributed by atoms with Crippen LogP contribution in [0.25, 0.3) is 126 Å². The van der Waals surface area contributed by atoms with E-state index in [9.17, 15) is 0 Å². The number of aromatic nitrogens is 5. The maximum Gasteiger partial charge on any atom is 0.165 e. The smallest absolute Gasteiger partial charge is 0.165 e. The molecule has 14 aromatic rings. The number of nitrogens with zero attached hydrogens (tertiary/aromatic N) is 5. The molecular formula is C54H31N5. The van der Waals surface area contributed by atoms with Crippen LogP contribution in [-0.2, 0) is 0 Å². The summed E-state index contributed by atoms with van der Waals surface area (Å²) in [6.07, 6.45) is 0. The molecule has 0 spiro atoms. The SMILES string of the molecule is c1ccc(-c2nc3ccc4ccccc4c3nc2-n2c3cc4c5ccccc5n(-c5ccccc5)c4c4c5cccc6c7ccccc7n(c7cccc2c7c43)c65)cc1. The Kier molecular flexibility index (Phi) is 5.96. The molecule has 0 aliphatic heterocycles. The summed E-state index contributed by atoms with van der Waals surface area (Å²) in [6, 6.07) is 68.0. The van der Waals surface area contributed by atoms with E-state index in [-0.39, 0.29) is 0 Å². The third kappa shape index (κ3) is 3.98. The number of fused-ring (bicyclic) bond motifs is 12. The van der Waals surface area contributed by atoms with Gasteiger partial charge in [0.1, 0.15) is 5.69 Å². The van der Waals surface area contributed by atoms with Crippen molar-refractivity contribution in [2.75, 3.05) is 0 Å². The van der Waals surface area contributed by atoms with Crippen molar-refractivity contribution in [2.45, 2.75) is 0 Å². The van der Waals surface area contributed by atoms with E-state index in [0.29, 0.717) is 0 Å². The van der Waals surface area contributed by atoms with E-state index in [1.807, 2.05) is 0 Å². The lowest BCUT2D eigenvalue weighted by atomic mass is 10.00. The fourth-order valence-electron chi connectivity index (χ4n) is 10.4. The van der Waals surface area contributed by atoms with E-state index in [2.05, 4.69) is 202 Å². The molecule has 0 saturated carbocycles. The van der Waals surface area contributed by atoms with Crippen molar-refractivity contribution in [3.05, 3.63) is 188 Å². The molecule has 14 rings (SSSR count). The molecule has 0 amide bonds. The average molecular weight is 750 g/mol. The molecule has 0 unspecified atom stereocenters. The minimum Gasteiger partial charge on any atom is -0.309 e. The quantitative estimate of drug-likeness (QED) is 0.169. The molecule has 0 saturated heterocycles. The van der Waals surface area contributed by atoms with Gasteiger partial charge >= 0.3 is 0 Å². The van der Waals surface area contributed by atoms with Crippen LogP contribution in [0.15, 0.2) is 188 Å². The summed E-state index contributed by atoms with van der Waals surface area (Å²) in [5.74, 6) is 0.811. The summed E-state index contributed by atoms with van der Waals surface area (Å²) in [5.41, 5.74) is 12.9. The minimum atomic E-state index is 0.811. The number of hydrogen-bond donors (Lipinski definition) is 0. The molecule has 0 aliphatic carbocycles. The topological polar surface area (TPSA) is 40.0 Å². The molecule has 0 atom stereocenters. The average Bonchev–Trinajstić information content (AvgIpc) is 3.91. The van der Waals surface area contributed by atoms with Gasteiger partial charge in [0.05, 0.1) is 49.7 Å². The Morgan fingerprint density at radius 1 is 0.356 bits per heavy atom. The Balaban J connectivity index is 1.31. The Morgan fingerprint density at radius 2 is 1.00 bits per heavy atom. The molecule has 0 aliphatic rings. The molecule has 5 heteroatoms. The van der Waals surface area contributed by atoms with Crippen molar-refractivity contribution >= 4 is 104 Å². The van der Waals surface area contributed by atoms with Crippen molar-refractivity contribution in [3.8, 4) is 22.8 Å². The van der Waals surface area contributed by atoms with E-state index in [4.69, 9.17) is 9.97 Å². The maximum atomic E-state index is 5.73. The van der Waals surface area contributed by atoms with Crippen molar-refractivity contribution in [3.63, 3.8) is 0 Å². The van der Waals surface area contributed by atoms with Crippen LogP contribution in [0.1, 0.15) is 0 Å². The maximum absolute atomic E-state index is 5.73. The Bertz CT molecular complexity index is 4060. The second kappa shape index (κ2) is 11.3. The van der Waals surface area contributed by atoms with Crippen LogP contribution >= 0.6 is 0 Å². The first-order valence-electron chi connectivity index (χ1n) is 20.2. The van der Waals surface area contributed by atoms with Crippen LogP contribution in [0.2, 0.25) is 0 Å². The molecular weight excluding hydrogens is 719 g/mol. The van der Waals surface area contributed by atoms with Crippen molar-refractivity contribution in [1.29, 1.82) is 0 Å². The van der Waals surface area contributed by atoms with Crippen LogP contribution in [-0.4, -0.2) is 23.5 Å². The molecule has 0 fully saturated rings. The van der Waals surface area contributed by atoms with Gasteiger partial charge < -0.3 is 8.97 Å². The van der Waals surface area contributed by atoms with Crippen molar-refractivity contribution < 1.29 is 0 Å². The van der Waals surface area contributed by atoms with Gasteiger partial charge in [-0.2, -0.15) is 0 Å². The van der Waals surface area contributed by atoms with Gasteiger partial charge in [-0.3, -0.25) is 4.57 Å². The number of hydrogen-bond acceptors (Lipinski definition) is 2. The van der Waals surface area contributed by atoms with Crippen LogP contribution in [0.3, 0.4) is 0 Å². The Hall–Kier alpha value is -8.02. The number of para-hydroxylation sites is 4. The molecule has 5 heterocycles. The normalized spacial score (nSPS) is 12.4. The summed E-state index contributed by atoms with van der Waals surface area (Å²) in [4.78, 5) is 11.2. The monoisotopic (exact) mass is 749 g/mol. The molecule has 59 heavy (non-hydrogen) atoms. The largest absolute Gasteiger partial charge is 0.309 e. The third-order valence-electron chi connectivity index (χ3n) is 12.7. The van der Waals surface area contributed by atoms with E-state index in [0.717, 1.165) is 61.1 Å². The van der Waals surface area contributed by atoms with E-state index >= 15 is 0 Å². The van der Waals surface area contributed by atoms with Crippen LogP contribution in [0.4, 0.5) is 0 Å². The number of rotatable bonds is 3. The van der Waals surface area contributed by atoms with Gasteiger partial charge in [-0.05, 0) is 53.9 Å². The van der Waals surface area contributed by atoms with E-state index in [1.165, 1.54) is 65.2 Å². The highest BCUT2D eigenvalue weighted by atomic mass is 15.1. The zero-order chi connectivity index (χ0) is 38.3. The summed E-state index contributed by atoms with van der Waals surface area (Å²) in [6.45, 7) is 0. The van der Waals surface area contributed by atoms with Gasteiger partial charge in [-0.15, -0.1) is 0 Å². The molecule has 9 aromatic carbocycles. The first-order valence-corrected chi connectivity index (χ1v) is 20.2. The predicted molar refractivity (Wildman–Crippen MR) is 246 cm³/mol. The predicted octanol–water partition coefficient (Wildman–Crippen LogP) is 13.8. The second-order valence-electron chi connectivity index (χ2n) is 15.7. The van der Waals surface area contributed by atoms with Gasteiger partial charge in [0, 0.05) is 59.7 Å². The molecule has 5 aromatic heterocycles. The summed E-state index contributed by atoms with van der Waals surface area (Å²) >= 11 is 0. The van der Waals surface area contributed by atoms with Crippen molar-refractivity contribution in [2.24, 2.45) is 0 Å². The van der Waals surface area contributed by atoms with Gasteiger partial charge in [0.25, 0.3) is 0 Å². The van der Waals surface area contributed by atoms with Gasteiger partial charge in [0.2, 0.25) is 0 Å². The highest BCUT2D eigenvalue weighted by Crippen LogP contribution is 2.49. The fraction of sp³-hybridized carbons (Fsp3) is 0. The lowest BCUT2D eigenvalue weighted by Gasteiger charge is -2.15. The second-order valence-corrected chi connectivity index (χ2v) is 15.7. The van der Waals surface area contributed by atoms with Crippen LogP contribution in [0, 0.1) is 0 Å². The standard InChI is InChI=1S/C54H31N5/c1-3-16-33(17-4-1)50-54(56-51-35-20-8-7-15-32(35)29-30-41(51)55-50)59-45-28-14-27-44-48(45)49-46(59)31-40-37-22-10-11-25-42(37)57(34-18-5-2-6-19-34)53(40)47(49)39-24-13-23-38-36-21-9-12-26-43(36)58(44)52(38)39/h1-31H. The first-order chi connectivity index (χ1) is 29.3. The third-order valence-corrected chi connectivity index (χ3v) is 12.7. The van der Waals surface area contributed by atoms with Gasteiger partial charge in [-0.25, -0.2) is 9.97 Å². The zero-order valence-corrected chi connectivity index (χ0v) is 31.6. The fourth-order valence-corrected chi connectivity index (χ4v) is 10.4. The first kappa shape index (κ1) is 31.1. The van der Waals surface area contributed by atoms with Crippen LogP contribution < -0.4 is 0 Å². The van der Waals surface area contributed by atoms with Crippen molar-refractivity contribution in [1.82, 2.24) is 23.5 Å². The highest BCUT2D eigenvalue weighted by Gasteiger charge is 2.28. The van der Waals surface area contributed by atoms with E-state index < -0.39 is 0 Å². The van der Waals surface area contributed by atoms with Gasteiger partial charge in [0.15, 0.2) is 5.82 Å². The molecule has 0 N–H and O–H groups in total. The lowest BCUT2D eigenvalue weighted by Crippen LogP contribution is -2.04. The summed E-state index contributed by atoms with van der Waals surface area (Å²) in [7, 11) is 0. The Morgan fingerprint density at radius 3 is 1.85 bits per heavy atom.